The lowest BCUT2D eigenvalue weighted by Gasteiger charge is -2.28. The van der Waals surface area contributed by atoms with Crippen LogP contribution in [0.25, 0.3) is 0 Å². The molecular formula is C17H27ClN2O. The summed E-state index contributed by atoms with van der Waals surface area (Å²) in [6.07, 6.45) is 2.69. The molecule has 0 fully saturated rings. The summed E-state index contributed by atoms with van der Waals surface area (Å²) in [5.74, 6) is 0.154. The average molecular weight is 311 g/mol. The van der Waals surface area contributed by atoms with Crippen LogP contribution in [0.4, 0.5) is 0 Å². The highest BCUT2D eigenvalue weighted by Gasteiger charge is 2.22. The van der Waals surface area contributed by atoms with Crippen LogP contribution < -0.4 is 10.6 Å². The van der Waals surface area contributed by atoms with Crippen molar-refractivity contribution in [1.29, 1.82) is 0 Å². The molecule has 0 spiro atoms. The second-order valence-corrected chi connectivity index (χ2v) is 6.45. The van der Waals surface area contributed by atoms with Crippen molar-refractivity contribution in [3.63, 3.8) is 0 Å². The molecule has 1 amide bonds. The summed E-state index contributed by atoms with van der Waals surface area (Å²) in [7, 11) is 0. The van der Waals surface area contributed by atoms with Crippen LogP contribution in [-0.2, 0) is 11.2 Å². The molecule has 2 N–H and O–H groups in total. The summed E-state index contributed by atoms with van der Waals surface area (Å²) >= 11 is 0. The van der Waals surface area contributed by atoms with Crippen LogP contribution in [0.15, 0.2) is 24.3 Å². The normalized spacial score (nSPS) is 17.6. The van der Waals surface area contributed by atoms with E-state index < -0.39 is 0 Å². The quantitative estimate of drug-likeness (QED) is 0.876. The predicted octanol–water partition coefficient (Wildman–Crippen LogP) is 3.24. The maximum absolute atomic E-state index is 12.0. The van der Waals surface area contributed by atoms with E-state index in [1.807, 2.05) is 0 Å². The highest BCUT2D eigenvalue weighted by atomic mass is 35.5. The van der Waals surface area contributed by atoms with Crippen LogP contribution in [0, 0.1) is 5.41 Å². The van der Waals surface area contributed by atoms with E-state index >= 15 is 0 Å². The second kappa shape index (κ2) is 7.81. The van der Waals surface area contributed by atoms with Crippen molar-refractivity contribution in [3.05, 3.63) is 35.4 Å². The molecule has 4 heteroatoms. The first kappa shape index (κ1) is 18.0. The van der Waals surface area contributed by atoms with Gasteiger partial charge in [-0.05, 0) is 29.5 Å². The molecule has 0 radical (unpaired) electrons. The summed E-state index contributed by atoms with van der Waals surface area (Å²) in [4.78, 5) is 12.0. The number of hydrogen-bond acceptors (Lipinski definition) is 2. The molecule has 1 aromatic carbocycles. The molecule has 1 aliphatic rings. The number of carbonyl (C=O) groups is 1. The Labute approximate surface area is 134 Å². The van der Waals surface area contributed by atoms with Gasteiger partial charge in [-0.1, -0.05) is 51.5 Å². The van der Waals surface area contributed by atoms with Crippen molar-refractivity contribution in [2.45, 2.75) is 46.1 Å². The lowest BCUT2D eigenvalue weighted by molar-refractivity contribution is -0.123. The number of halogens is 1. The summed E-state index contributed by atoms with van der Waals surface area (Å²) in [6.45, 7) is 8.07. The third-order valence-electron chi connectivity index (χ3n) is 4.32. The zero-order valence-electron chi connectivity index (χ0n) is 13.2. The third kappa shape index (κ3) is 5.01. The van der Waals surface area contributed by atoms with Crippen molar-refractivity contribution < 1.29 is 4.79 Å². The highest BCUT2D eigenvalue weighted by molar-refractivity contribution is 5.85. The zero-order valence-corrected chi connectivity index (χ0v) is 14.1. The standard InChI is InChI=1S/C17H26N2O.ClH/c1-4-17(2,3)11-16(20)19-12-15-14-8-6-5-7-13(14)9-10-18-15;/h5-8,15,18H,4,9-12H2,1-3H3,(H,19,20);1H. The summed E-state index contributed by atoms with van der Waals surface area (Å²) in [5.41, 5.74) is 2.82. The predicted molar refractivity (Wildman–Crippen MR) is 89.8 cm³/mol. The lowest BCUT2D eigenvalue weighted by Crippen LogP contribution is -2.39. The van der Waals surface area contributed by atoms with Crippen LogP contribution in [0.2, 0.25) is 0 Å². The molecule has 1 aromatic rings. The van der Waals surface area contributed by atoms with Crippen molar-refractivity contribution in [3.8, 4) is 0 Å². The fraction of sp³-hybridized carbons (Fsp3) is 0.588. The van der Waals surface area contributed by atoms with Crippen LogP contribution in [0.1, 0.15) is 50.8 Å². The van der Waals surface area contributed by atoms with Crippen molar-refractivity contribution >= 4 is 18.3 Å². The van der Waals surface area contributed by atoms with E-state index in [4.69, 9.17) is 0 Å². The van der Waals surface area contributed by atoms with Gasteiger partial charge in [0.05, 0.1) is 0 Å². The molecule has 1 aliphatic heterocycles. The van der Waals surface area contributed by atoms with Crippen LogP contribution in [0.3, 0.4) is 0 Å². The maximum Gasteiger partial charge on any atom is 0.220 e. The molecule has 0 aromatic heterocycles. The topological polar surface area (TPSA) is 41.1 Å². The van der Waals surface area contributed by atoms with E-state index in [-0.39, 0.29) is 29.8 Å². The van der Waals surface area contributed by atoms with E-state index in [9.17, 15) is 4.79 Å². The van der Waals surface area contributed by atoms with Gasteiger partial charge in [0.25, 0.3) is 0 Å². The van der Waals surface area contributed by atoms with Gasteiger partial charge in [0, 0.05) is 19.0 Å². The molecule has 2 rings (SSSR count). The first-order valence-electron chi connectivity index (χ1n) is 7.60. The number of rotatable bonds is 5. The Morgan fingerprint density at radius 3 is 2.81 bits per heavy atom. The average Bonchev–Trinajstić information content (AvgIpc) is 2.44. The lowest BCUT2D eigenvalue weighted by atomic mass is 9.86. The van der Waals surface area contributed by atoms with Gasteiger partial charge < -0.3 is 10.6 Å². The first-order chi connectivity index (χ1) is 9.52. The van der Waals surface area contributed by atoms with Crippen LogP contribution in [-0.4, -0.2) is 19.0 Å². The Hall–Kier alpha value is -1.06. The molecule has 0 saturated carbocycles. The first-order valence-corrected chi connectivity index (χ1v) is 7.60. The minimum Gasteiger partial charge on any atom is -0.354 e. The molecule has 1 heterocycles. The number of benzene rings is 1. The van der Waals surface area contributed by atoms with Crippen LogP contribution in [0.5, 0.6) is 0 Å². The van der Waals surface area contributed by atoms with Gasteiger partial charge in [-0.2, -0.15) is 0 Å². The molecular weight excluding hydrogens is 284 g/mol. The number of hydrogen-bond donors (Lipinski definition) is 2. The number of fused-ring (bicyclic) bond motifs is 1. The highest BCUT2D eigenvalue weighted by Crippen LogP contribution is 2.25. The largest absolute Gasteiger partial charge is 0.354 e. The monoisotopic (exact) mass is 310 g/mol. The summed E-state index contributed by atoms with van der Waals surface area (Å²) in [6, 6.07) is 8.75. The van der Waals surface area contributed by atoms with Gasteiger partial charge in [-0.25, -0.2) is 0 Å². The molecule has 118 valence electrons. The van der Waals surface area contributed by atoms with Crippen molar-refractivity contribution in [2.24, 2.45) is 5.41 Å². The Morgan fingerprint density at radius 2 is 2.10 bits per heavy atom. The van der Waals surface area contributed by atoms with Gasteiger partial charge in [0.15, 0.2) is 0 Å². The number of amides is 1. The molecule has 3 nitrogen and oxygen atoms in total. The van der Waals surface area contributed by atoms with Gasteiger partial charge in [-0.15, -0.1) is 12.4 Å². The smallest absolute Gasteiger partial charge is 0.220 e. The Kier molecular flexibility index (Phi) is 6.69. The van der Waals surface area contributed by atoms with E-state index in [2.05, 4.69) is 55.7 Å². The fourth-order valence-electron chi connectivity index (χ4n) is 2.61. The van der Waals surface area contributed by atoms with E-state index in [0.29, 0.717) is 13.0 Å². The summed E-state index contributed by atoms with van der Waals surface area (Å²) < 4.78 is 0. The zero-order chi connectivity index (χ0) is 14.6. The fourth-order valence-corrected chi connectivity index (χ4v) is 2.61. The minimum atomic E-state index is 0. The van der Waals surface area contributed by atoms with Crippen molar-refractivity contribution in [2.75, 3.05) is 13.1 Å². The van der Waals surface area contributed by atoms with E-state index in [1.165, 1.54) is 11.1 Å². The third-order valence-corrected chi connectivity index (χ3v) is 4.32. The molecule has 0 saturated heterocycles. The van der Waals surface area contributed by atoms with E-state index in [0.717, 1.165) is 19.4 Å². The van der Waals surface area contributed by atoms with Gasteiger partial charge in [0.1, 0.15) is 0 Å². The van der Waals surface area contributed by atoms with E-state index in [1.54, 1.807) is 0 Å². The van der Waals surface area contributed by atoms with Crippen molar-refractivity contribution in [1.82, 2.24) is 10.6 Å². The molecule has 0 aliphatic carbocycles. The van der Waals surface area contributed by atoms with Gasteiger partial charge >= 0.3 is 0 Å². The Morgan fingerprint density at radius 1 is 1.38 bits per heavy atom. The molecule has 1 unspecified atom stereocenters. The molecule has 0 bridgehead atoms. The van der Waals surface area contributed by atoms with Gasteiger partial charge in [-0.3, -0.25) is 4.79 Å². The number of carbonyl (C=O) groups excluding carboxylic acids is 1. The molecule has 1 atom stereocenters. The van der Waals surface area contributed by atoms with Crippen LogP contribution >= 0.6 is 12.4 Å². The number of nitrogens with one attached hydrogen (secondary N) is 2. The Balaban J connectivity index is 0.00000220. The molecule has 21 heavy (non-hydrogen) atoms. The maximum atomic E-state index is 12.0. The second-order valence-electron chi connectivity index (χ2n) is 6.45. The SMILES string of the molecule is CCC(C)(C)CC(=O)NCC1NCCc2ccccc21.Cl. The summed E-state index contributed by atoms with van der Waals surface area (Å²) in [5, 5.41) is 6.58. The Bertz CT molecular complexity index is 474. The minimum absolute atomic E-state index is 0. The van der Waals surface area contributed by atoms with Gasteiger partial charge in [0.2, 0.25) is 5.91 Å².